The second-order valence-corrected chi connectivity index (χ2v) is 7.75. The molecule has 1 aliphatic carbocycles. The summed E-state index contributed by atoms with van der Waals surface area (Å²) < 4.78 is 5.39. The number of rotatable bonds is 9. The molecule has 0 radical (unpaired) electrons. The smallest absolute Gasteiger partial charge is 0.191 e. The normalized spacial score (nSPS) is 22.2. The first-order valence-corrected chi connectivity index (χ1v) is 10.2. The van der Waals surface area contributed by atoms with Gasteiger partial charge in [0.1, 0.15) is 5.75 Å². The SMILES string of the molecule is CCNC(=NCC1(O)CCC1SCC)NCCc1ccccc1OC.I. The Kier molecular flexibility index (Phi) is 10.7. The fraction of sp³-hybridized carbons (Fsp3) is 0.632. The van der Waals surface area contributed by atoms with E-state index in [-0.39, 0.29) is 24.0 Å². The Morgan fingerprint density at radius 2 is 2.12 bits per heavy atom. The number of nitrogens with one attached hydrogen (secondary N) is 2. The highest BCUT2D eigenvalue weighted by Crippen LogP contribution is 2.41. The van der Waals surface area contributed by atoms with Crippen molar-refractivity contribution in [3.63, 3.8) is 0 Å². The Balaban J connectivity index is 0.00000338. The molecule has 1 fully saturated rings. The van der Waals surface area contributed by atoms with Crippen LogP contribution in [0.5, 0.6) is 5.75 Å². The van der Waals surface area contributed by atoms with E-state index in [2.05, 4.69) is 28.6 Å². The van der Waals surface area contributed by atoms with Crippen molar-refractivity contribution >= 4 is 41.7 Å². The number of aliphatic imine (C=N–C) groups is 1. The van der Waals surface area contributed by atoms with Crippen LogP contribution >= 0.6 is 35.7 Å². The van der Waals surface area contributed by atoms with E-state index >= 15 is 0 Å². The first-order chi connectivity index (χ1) is 12.1. The molecule has 0 saturated heterocycles. The molecule has 2 rings (SSSR count). The van der Waals surface area contributed by atoms with Gasteiger partial charge in [0, 0.05) is 18.3 Å². The van der Waals surface area contributed by atoms with Gasteiger partial charge in [0.05, 0.1) is 19.3 Å². The van der Waals surface area contributed by atoms with Gasteiger partial charge in [-0.2, -0.15) is 11.8 Å². The van der Waals surface area contributed by atoms with Gasteiger partial charge in [-0.25, -0.2) is 0 Å². The van der Waals surface area contributed by atoms with Crippen LogP contribution in [0, 0.1) is 0 Å². The zero-order valence-electron chi connectivity index (χ0n) is 16.0. The number of benzene rings is 1. The topological polar surface area (TPSA) is 65.9 Å². The first-order valence-electron chi connectivity index (χ1n) is 9.11. The minimum atomic E-state index is -0.647. The molecule has 0 spiro atoms. The number of hydrogen-bond donors (Lipinski definition) is 3. The summed E-state index contributed by atoms with van der Waals surface area (Å²) in [4.78, 5) is 4.61. The van der Waals surface area contributed by atoms with Gasteiger partial charge in [0.15, 0.2) is 5.96 Å². The number of halogens is 1. The van der Waals surface area contributed by atoms with Gasteiger partial charge in [-0.15, -0.1) is 24.0 Å². The molecule has 0 bridgehead atoms. The van der Waals surface area contributed by atoms with Crippen molar-refractivity contribution in [1.29, 1.82) is 0 Å². The van der Waals surface area contributed by atoms with E-state index < -0.39 is 5.60 Å². The molecule has 2 unspecified atom stereocenters. The second kappa shape index (κ2) is 11.9. The minimum Gasteiger partial charge on any atom is -0.496 e. The van der Waals surface area contributed by atoms with Crippen LogP contribution < -0.4 is 15.4 Å². The molecule has 0 heterocycles. The molecule has 0 aliphatic heterocycles. The molecule has 1 aromatic carbocycles. The number of nitrogens with zero attached hydrogens (tertiary/aromatic N) is 1. The Morgan fingerprint density at radius 1 is 1.35 bits per heavy atom. The molecule has 5 nitrogen and oxygen atoms in total. The number of thioether (sulfide) groups is 1. The molecule has 0 aromatic heterocycles. The lowest BCUT2D eigenvalue weighted by molar-refractivity contribution is -0.0154. The number of para-hydroxylation sites is 1. The summed E-state index contributed by atoms with van der Waals surface area (Å²) in [6.45, 7) is 6.19. The highest BCUT2D eigenvalue weighted by molar-refractivity contribution is 14.0. The molecule has 2 atom stereocenters. The monoisotopic (exact) mass is 493 g/mol. The third-order valence-electron chi connectivity index (χ3n) is 4.54. The van der Waals surface area contributed by atoms with Crippen molar-refractivity contribution in [3.05, 3.63) is 29.8 Å². The lowest BCUT2D eigenvalue weighted by Gasteiger charge is -2.44. The summed E-state index contributed by atoms with van der Waals surface area (Å²) in [5.41, 5.74) is 0.525. The maximum Gasteiger partial charge on any atom is 0.191 e. The van der Waals surface area contributed by atoms with Crippen molar-refractivity contribution in [1.82, 2.24) is 10.6 Å². The number of hydrogen-bond acceptors (Lipinski definition) is 4. The van der Waals surface area contributed by atoms with Gasteiger partial charge >= 0.3 is 0 Å². The van der Waals surface area contributed by atoms with E-state index in [1.807, 2.05) is 36.9 Å². The molecule has 1 saturated carbocycles. The maximum atomic E-state index is 10.7. The maximum absolute atomic E-state index is 10.7. The van der Waals surface area contributed by atoms with Crippen molar-refractivity contribution in [3.8, 4) is 5.75 Å². The zero-order valence-corrected chi connectivity index (χ0v) is 19.1. The van der Waals surface area contributed by atoms with Gasteiger partial charge in [-0.1, -0.05) is 25.1 Å². The summed E-state index contributed by atoms with van der Waals surface area (Å²) in [7, 11) is 1.70. The van der Waals surface area contributed by atoms with Gasteiger partial charge in [0.2, 0.25) is 0 Å². The van der Waals surface area contributed by atoms with Crippen LogP contribution in [0.3, 0.4) is 0 Å². The Labute approximate surface area is 178 Å². The molecule has 148 valence electrons. The standard InChI is InChI=1S/C19H31N3O2S.HI/c1-4-20-18(22-14-19(23)12-10-17(19)25-5-2)21-13-11-15-8-6-7-9-16(15)24-3;/h6-9,17,23H,4-5,10-14H2,1-3H3,(H2,20,21,22);1H. The van der Waals surface area contributed by atoms with E-state index in [1.165, 1.54) is 5.56 Å². The van der Waals surface area contributed by atoms with Crippen molar-refractivity contribution in [2.24, 2.45) is 4.99 Å². The van der Waals surface area contributed by atoms with E-state index in [1.54, 1.807) is 7.11 Å². The van der Waals surface area contributed by atoms with Crippen LogP contribution in [0.4, 0.5) is 0 Å². The Morgan fingerprint density at radius 3 is 2.73 bits per heavy atom. The van der Waals surface area contributed by atoms with Crippen LogP contribution in [0.15, 0.2) is 29.3 Å². The summed E-state index contributed by atoms with van der Waals surface area (Å²) in [6, 6.07) is 8.06. The van der Waals surface area contributed by atoms with Crippen molar-refractivity contribution in [2.75, 3.05) is 32.5 Å². The molecule has 1 aliphatic rings. The van der Waals surface area contributed by atoms with Crippen LogP contribution in [-0.2, 0) is 6.42 Å². The predicted molar refractivity (Wildman–Crippen MR) is 122 cm³/mol. The number of aliphatic hydroxyl groups is 1. The lowest BCUT2D eigenvalue weighted by Crippen LogP contribution is -2.53. The van der Waals surface area contributed by atoms with E-state index in [0.29, 0.717) is 11.8 Å². The van der Waals surface area contributed by atoms with Gasteiger partial charge < -0.3 is 20.5 Å². The molecule has 3 N–H and O–H groups in total. The van der Waals surface area contributed by atoms with Crippen LogP contribution in [0.2, 0.25) is 0 Å². The Hall–Kier alpha value is -0.670. The molecule has 7 heteroatoms. The second-order valence-electron chi connectivity index (χ2n) is 6.27. The average Bonchev–Trinajstić information content (AvgIpc) is 2.63. The number of methoxy groups -OCH3 is 1. The number of ether oxygens (including phenoxy) is 1. The molecular weight excluding hydrogens is 461 g/mol. The Bertz CT molecular complexity index is 573. The van der Waals surface area contributed by atoms with E-state index in [9.17, 15) is 5.11 Å². The van der Waals surface area contributed by atoms with Crippen molar-refractivity contribution < 1.29 is 9.84 Å². The molecule has 26 heavy (non-hydrogen) atoms. The fourth-order valence-corrected chi connectivity index (χ4v) is 4.19. The summed E-state index contributed by atoms with van der Waals surface area (Å²) >= 11 is 1.84. The minimum absolute atomic E-state index is 0. The van der Waals surface area contributed by atoms with Crippen LogP contribution in [0.1, 0.15) is 32.3 Å². The molecule has 1 aromatic rings. The van der Waals surface area contributed by atoms with E-state index in [0.717, 1.165) is 49.8 Å². The van der Waals surface area contributed by atoms with Crippen LogP contribution in [0.25, 0.3) is 0 Å². The molecule has 0 amide bonds. The summed E-state index contributed by atoms with van der Waals surface area (Å²) in [5.74, 6) is 2.71. The third kappa shape index (κ3) is 6.49. The third-order valence-corrected chi connectivity index (χ3v) is 5.95. The largest absolute Gasteiger partial charge is 0.496 e. The van der Waals surface area contributed by atoms with Crippen LogP contribution in [-0.4, -0.2) is 54.4 Å². The van der Waals surface area contributed by atoms with E-state index in [4.69, 9.17) is 4.74 Å². The lowest BCUT2D eigenvalue weighted by atomic mass is 9.79. The highest BCUT2D eigenvalue weighted by Gasteiger charge is 2.45. The quantitative estimate of drug-likeness (QED) is 0.281. The average molecular weight is 493 g/mol. The zero-order chi connectivity index (χ0) is 18.1. The van der Waals surface area contributed by atoms with Gasteiger partial charge in [0.25, 0.3) is 0 Å². The van der Waals surface area contributed by atoms with Crippen molar-refractivity contribution in [2.45, 2.75) is 44.0 Å². The highest BCUT2D eigenvalue weighted by atomic mass is 127. The fourth-order valence-electron chi connectivity index (χ4n) is 3.00. The van der Waals surface area contributed by atoms with Gasteiger partial charge in [-0.3, -0.25) is 4.99 Å². The first kappa shape index (κ1) is 23.4. The predicted octanol–water partition coefficient (Wildman–Crippen LogP) is 3.06. The number of guanidine groups is 1. The molecular formula is C19H32IN3O2S. The summed E-state index contributed by atoms with van der Waals surface area (Å²) in [6.07, 6.45) is 2.78. The van der Waals surface area contributed by atoms with Gasteiger partial charge in [-0.05, 0) is 43.6 Å². The summed E-state index contributed by atoms with van der Waals surface area (Å²) in [5, 5.41) is 17.6.